The lowest BCUT2D eigenvalue weighted by molar-refractivity contribution is 0.298. The van der Waals surface area contributed by atoms with Crippen molar-refractivity contribution in [3.8, 4) is 11.5 Å². The van der Waals surface area contributed by atoms with Crippen LogP contribution in [-0.4, -0.2) is 4.98 Å². The standard InChI is InChI=1S/C29H24FNO2/c30-25-14-8-7-13-24(25)15-23-16-26-29(27(17-23)32-19-21-9-3-1-4-10-21)28(18-31-26)33-20-22-11-5-2-6-12-22/h1-14,16-18,31H,15,19-20H2. The molecule has 5 aromatic rings. The molecule has 0 aliphatic heterocycles. The zero-order valence-electron chi connectivity index (χ0n) is 18.1. The second-order valence-corrected chi connectivity index (χ2v) is 7.99. The molecule has 0 atom stereocenters. The Morgan fingerprint density at radius 3 is 1.91 bits per heavy atom. The molecular weight excluding hydrogens is 413 g/mol. The molecular formula is C29H24FNO2. The Hall–Kier alpha value is -4.05. The molecule has 1 heterocycles. The number of ether oxygens (including phenoxy) is 2. The van der Waals surface area contributed by atoms with Gasteiger partial charge in [-0.15, -0.1) is 0 Å². The fourth-order valence-corrected chi connectivity index (χ4v) is 3.92. The predicted octanol–water partition coefficient (Wildman–Crippen LogP) is 7.06. The van der Waals surface area contributed by atoms with Gasteiger partial charge in [0.1, 0.15) is 30.5 Å². The van der Waals surface area contributed by atoms with Crippen molar-refractivity contribution < 1.29 is 13.9 Å². The molecule has 3 nitrogen and oxygen atoms in total. The number of rotatable bonds is 8. The number of hydrogen-bond donors (Lipinski definition) is 1. The number of hydrogen-bond acceptors (Lipinski definition) is 2. The number of nitrogens with one attached hydrogen (secondary N) is 1. The van der Waals surface area contributed by atoms with Crippen LogP contribution < -0.4 is 9.47 Å². The van der Waals surface area contributed by atoms with Crippen molar-refractivity contribution in [1.29, 1.82) is 0 Å². The Kier molecular flexibility index (Phi) is 6.07. The van der Waals surface area contributed by atoms with Crippen LogP contribution in [0.2, 0.25) is 0 Å². The van der Waals surface area contributed by atoms with E-state index in [2.05, 4.69) is 4.98 Å². The van der Waals surface area contributed by atoms with Gasteiger partial charge in [0.2, 0.25) is 0 Å². The average Bonchev–Trinajstić information content (AvgIpc) is 3.27. The minimum Gasteiger partial charge on any atom is -0.488 e. The van der Waals surface area contributed by atoms with E-state index in [1.807, 2.05) is 91.1 Å². The third-order valence-electron chi connectivity index (χ3n) is 5.59. The van der Waals surface area contributed by atoms with Crippen LogP contribution in [0.4, 0.5) is 4.39 Å². The van der Waals surface area contributed by atoms with Gasteiger partial charge in [-0.2, -0.15) is 0 Å². The van der Waals surface area contributed by atoms with Crippen molar-refractivity contribution in [2.24, 2.45) is 0 Å². The number of aromatic nitrogens is 1. The third kappa shape index (κ3) is 4.90. The monoisotopic (exact) mass is 437 g/mol. The van der Waals surface area contributed by atoms with Crippen LogP contribution in [0.5, 0.6) is 11.5 Å². The third-order valence-corrected chi connectivity index (χ3v) is 5.59. The van der Waals surface area contributed by atoms with Crippen molar-refractivity contribution in [2.75, 3.05) is 0 Å². The summed E-state index contributed by atoms with van der Waals surface area (Å²) in [6, 6.07) is 31.0. The van der Waals surface area contributed by atoms with Crippen LogP contribution in [0.15, 0.2) is 103 Å². The first-order valence-electron chi connectivity index (χ1n) is 11.0. The fourth-order valence-electron chi connectivity index (χ4n) is 3.92. The summed E-state index contributed by atoms with van der Waals surface area (Å²) in [6.45, 7) is 0.894. The van der Waals surface area contributed by atoms with Gasteiger partial charge in [0.05, 0.1) is 10.9 Å². The van der Waals surface area contributed by atoms with Gasteiger partial charge in [0.25, 0.3) is 0 Å². The molecule has 0 unspecified atom stereocenters. The minimum atomic E-state index is -0.206. The van der Waals surface area contributed by atoms with Crippen LogP contribution >= 0.6 is 0 Å². The Morgan fingerprint density at radius 2 is 1.24 bits per heavy atom. The Bertz CT molecular complexity index is 1350. The van der Waals surface area contributed by atoms with Crippen molar-refractivity contribution in [2.45, 2.75) is 19.6 Å². The highest BCUT2D eigenvalue weighted by molar-refractivity contribution is 5.92. The maximum atomic E-state index is 14.3. The van der Waals surface area contributed by atoms with Gasteiger partial charge < -0.3 is 14.5 Å². The summed E-state index contributed by atoms with van der Waals surface area (Å²) in [5, 5.41) is 0.888. The van der Waals surface area contributed by atoms with Crippen LogP contribution in [-0.2, 0) is 19.6 Å². The number of fused-ring (bicyclic) bond motifs is 1. The maximum Gasteiger partial charge on any atom is 0.148 e. The van der Waals surface area contributed by atoms with E-state index in [4.69, 9.17) is 9.47 Å². The maximum absolute atomic E-state index is 14.3. The molecule has 0 radical (unpaired) electrons. The van der Waals surface area contributed by atoms with Crippen LogP contribution in [0.25, 0.3) is 10.9 Å². The highest BCUT2D eigenvalue weighted by Gasteiger charge is 2.15. The molecule has 4 heteroatoms. The van der Waals surface area contributed by atoms with Crippen molar-refractivity contribution in [1.82, 2.24) is 4.98 Å². The number of benzene rings is 4. The quantitative estimate of drug-likeness (QED) is 0.282. The molecule has 0 spiro atoms. The molecule has 0 saturated heterocycles. The van der Waals surface area contributed by atoms with E-state index in [1.165, 1.54) is 6.07 Å². The summed E-state index contributed by atoms with van der Waals surface area (Å²) in [6.07, 6.45) is 2.33. The fraction of sp³-hybridized carbons (Fsp3) is 0.103. The molecule has 164 valence electrons. The van der Waals surface area contributed by atoms with E-state index >= 15 is 0 Å². The first kappa shape index (κ1) is 20.8. The molecule has 0 aliphatic rings. The van der Waals surface area contributed by atoms with Crippen LogP contribution in [0.3, 0.4) is 0 Å². The summed E-state index contributed by atoms with van der Waals surface area (Å²) < 4.78 is 26.7. The van der Waals surface area contributed by atoms with E-state index in [0.717, 1.165) is 33.3 Å². The Morgan fingerprint density at radius 1 is 0.636 bits per heavy atom. The molecule has 0 bridgehead atoms. The predicted molar refractivity (Wildman–Crippen MR) is 129 cm³/mol. The minimum absolute atomic E-state index is 0.206. The summed E-state index contributed by atoms with van der Waals surface area (Å²) in [5.74, 6) is 1.24. The van der Waals surface area contributed by atoms with Gasteiger partial charge in [-0.25, -0.2) is 4.39 Å². The average molecular weight is 438 g/mol. The summed E-state index contributed by atoms with van der Waals surface area (Å²) in [5.41, 5.74) is 4.68. The molecule has 4 aromatic carbocycles. The highest BCUT2D eigenvalue weighted by atomic mass is 19.1. The first-order valence-corrected chi connectivity index (χ1v) is 11.0. The Balaban J connectivity index is 1.48. The largest absolute Gasteiger partial charge is 0.488 e. The van der Waals surface area contributed by atoms with E-state index < -0.39 is 0 Å². The molecule has 0 amide bonds. The highest BCUT2D eigenvalue weighted by Crippen LogP contribution is 2.37. The second-order valence-electron chi connectivity index (χ2n) is 7.99. The molecule has 0 aliphatic carbocycles. The summed E-state index contributed by atoms with van der Waals surface area (Å²) >= 11 is 0. The van der Waals surface area contributed by atoms with Gasteiger partial charge in [0, 0.05) is 12.6 Å². The first-order chi connectivity index (χ1) is 16.3. The molecule has 33 heavy (non-hydrogen) atoms. The normalized spacial score (nSPS) is 10.9. The summed E-state index contributed by atoms with van der Waals surface area (Å²) in [7, 11) is 0. The lowest BCUT2D eigenvalue weighted by Gasteiger charge is -2.13. The second kappa shape index (κ2) is 9.61. The molecule has 1 aromatic heterocycles. The van der Waals surface area contributed by atoms with Gasteiger partial charge in [-0.3, -0.25) is 0 Å². The molecule has 1 N–H and O–H groups in total. The smallest absolute Gasteiger partial charge is 0.148 e. The lowest BCUT2D eigenvalue weighted by atomic mass is 10.0. The number of aromatic amines is 1. The van der Waals surface area contributed by atoms with Crippen LogP contribution in [0, 0.1) is 5.82 Å². The van der Waals surface area contributed by atoms with E-state index in [0.29, 0.717) is 30.9 Å². The molecule has 5 rings (SSSR count). The van der Waals surface area contributed by atoms with Crippen LogP contribution in [0.1, 0.15) is 22.3 Å². The number of halogens is 1. The molecule has 0 saturated carbocycles. The van der Waals surface area contributed by atoms with E-state index in [1.54, 1.807) is 6.07 Å². The van der Waals surface area contributed by atoms with Gasteiger partial charge in [-0.1, -0.05) is 78.9 Å². The van der Waals surface area contributed by atoms with Crippen molar-refractivity contribution in [3.63, 3.8) is 0 Å². The SMILES string of the molecule is Fc1ccccc1Cc1cc(OCc2ccccc2)c2c(OCc3ccccc3)c[nH]c2c1. The zero-order valence-corrected chi connectivity index (χ0v) is 18.1. The number of H-pyrrole nitrogens is 1. The Labute approximate surface area is 192 Å². The summed E-state index contributed by atoms with van der Waals surface area (Å²) in [4.78, 5) is 3.31. The van der Waals surface area contributed by atoms with E-state index in [9.17, 15) is 4.39 Å². The van der Waals surface area contributed by atoms with Crippen molar-refractivity contribution in [3.05, 3.63) is 131 Å². The van der Waals surface area contributed by atoms with Gasteiger partial charge >= 0.3 is 0 Å². The zero-order chi connectivity index (χ0) is 22.5. The lowest BCUT2D eigenvalue weighted by Crippen LogP contribution is -1.99. The van der Waals surface area contributed by atoms with Gasteiger partial charge in [-0.05, 0) is 40.5 Å². The van der Waals surface area contributed by atoms with Crippen molar-refractivity contribution >= 4 is 10.9 Å². The van der Waals surface area contributed by atoms with E-state index in [-0.39, 0.29) is 5.82 Å². The van der Waals surface area contributed by atoms with Gasteiger partial charge in [0.15, 0.2) is 0 Å². The topological polar surface area (TPSA) is 34.2 Å². The molecule has 0 fully saturated rings.